The molecule has 2 aromatic carbocycles. The molecule has 1 aliphatic heterocycles. The van der Waals surface area contributed by atoms with Gasteiger partial charge in [0.1, 0.15) is 4.34 Å². The van der Waals surface area contributed by atoms with E-state index in [1.165, 1.54) is 11.3 Å². The number of benzodiazepines with no additional fused rings is 1. The second-order valence-corrected chi connectivity index (χ2v) is 8.31. The lowest BCUT2D eigenvalue weighted by atomic mass is 10.0. The van der Waals surface area contributed by atoms with E-state index in [2.05, 4.69) is 20.3 Å². The number of nitrogens with zero attached hydrogens (tertiary/aromatic N) is 3. The maximum atomic E-state index is 12.8. The average molecular weight is 483 g/mol. The van der Waals surface area contributed by atoms with Gasteiger partial charge in [0.15, 0.2) is 5.69 Å². The summed E-state index contributed by atoms with van der Waals surface area (Å²) in [6.45, 7) is 5.76. The molecule has 1 amide bonds. The SMILES string of the molecule is CC.Cc1nc(C(=N)O/C(N)=N/C2N=C(c3ccccc3)c3ccccc3NC2=O)c(Cl)s1. The van der Waals surface area contributed by atoms with Crippen LogP contribution in [0.5, 0.6) is 0 Å². The number of amides is 1. The van der Waals surface area contributed by atoms with Gasteiger partial charge in [-0.1, -0.05) is 74.0 Å². The van der Waals surface area contributed by atoms with Crippen LogP contribution in [0.1, 0.15) is 35.7 Å². The summed E-state index contributed by atoms with van der Waals surface area (Å²) in [6.07, 6.45) is -1.21. The van der Waals surface area contributed by atoms with Gasteiger partial charge in [0.2, 0.25) is 12.1 Å². The number of aliphatic imine (C=N–C) groups is 2. The van der Waals surface area contributed by atoms with Crippen molar-refractivity contribution in [2.75, 3.05) is 5.32 Å². The van der Waals surface area contributed by atoms with E-state index in [9.17, 15) is 4.79 Å². The third kappa shape index (κ3) is 5.63. The number of benzene rings is 2. The molecule has 1 aliphatic rings. The summed E-state index contributed by atoms with van der Waals surface area (Å²) >= 11 is 7.29. The normalized spacial score (nSPS) is 15.3. The van der Waals surface area contributed by atoms with Gasteiger partial charge in [-0.25, -0.2) is 9.98 Å². The summed E-state index contributed by atoms with van der Waals surface area (Å²) in [5.41, 5.74) is 8.82. The minimum atomic E-state index is -1.21. The van der Waals surface area contributed by atoms with Crippen LogP contribution >= 0.6 is 22.9 Å². The quantitative estimate of drug-likeness (QED) is 0.372. The number of aryl methyl sites for hydroxylation is 1. The van der Waals surface area contributed by atoms with Crippen LogP contribution in [-0.4, -0.2) is 34.7 Å². The lowest BCUT2D eigenvalue weighted by Crippen LogP contribution is -2.29. The molecule has 0 radical (unpaired) electrons. The maximum Gasteiger partial charge on any atom is 0.291 e. The third-order valence-corrected chi connectivity index (χ3v) is 5.51. The number of rotatable bonds is 3. The number of hydrogen-bond acceptors (Lipinski definition) is 7. The van der Waals surface area contributed by atoms with Crippen LogP contribution in [0.3, 0.4) is 0 Å². The summed E-state index contributed by atoms with van der Waals surface area (Å²) < 4.78 is 5.57. The van der Waals surface area contributed by atoms with Crippen molar-refractivity contribution in [3.05, 3.63) is 80.8 Å². The van der Waals surface area contributed by atoms with Crippen LogP contribution in [-0.2, 0) is 9.53 Å². The van der Waals surface area contributed by atoms with E-state index in [0.29, 0.717) is 20.7 Å². The van der Waals surface area contributed by atoms with Gasteiger partial charge in [0, 0.05) is 11.1 Å². The molecule has 1 atom stereocenters. The van der Waals surface area contributed by atoms with E-state index in [0.717, 1.165) is 11.1 Å². The Morgan fingerprint density at radius 3 is 2.52 bits per heavy atom. The van der Waals surface area contributed by atoms with Gasteiger partial charge < -0.3 is 15.8 Å². The predicted molar refractivity (Wildman–Crippen MR) is 134 cm³/mol. The average Bonchev–Trinajstić information content (AvgIpc) is 3.09. The summed E-state index contributed by atoms with van der Waals surface area (Å²) in [4.78, 5) is 25.6. The highest BCUT2D eigenvalue weighted by Gasteiger charge is 2.26. The highest BCUT2D eigenvalue weighted by molar-refractivity contribution is 7.16. The van der Waals surface area contributed by atoms with E-state index in [4.69, 9.17) is 27.5 Å². The van der Waals surface area contributed by atoms with Crippen molar-refractivity contribution in [2.24, 2.45) is 15.7 Å². The Balaban J connectivity index is 0.00000149. The Morgan fingerprint density at radius 1 is 1.18 bits per heavy atom. The molecule has 0 spiro atoms. The smallest absolute Gasteiger partial charge is 0.291 e. The number of hydrogen-bond donors (Lipinski definition) is 3. The summed E-state index contributed by atoms with van der Waals surface area (Å²) in [5, 5.41) is 11.5. The van der Waals surface area contributed by atoms with Gasteiger partial charge >= 0.3 is 0 Å². The Labute approximate surface area is 200 Å². The number of halogens is 1. The number of nitrogens with two attached hydrogens (primary N) is 1. The van der Waals surface area contributed by atoms with Gasteiger partial charge in [-0.3, -0.25) is 10.2 Å². The van der Waals surface area contributed by atoms with Crippen molar-refractivity contribution < 1.29 is 9.53 Å². The molecule has 0 saturated heterocycles. The molecular formula is C23H23ClN6O2S. The van der Waals surface area contributed by atoms with Crippen LogP contribution < -0.4 is 11.1 Å². The molecule has 33 heavy (non-hydrogen) atoms. The van der Waals surface area contributed by atoms with Crippen molar-refractivity contribution in [3.8, 4) is 0 Å². The highest BCUT2D eigenvalue weighted by Crippen LogP contribution is 2.25. The van der Waals surface area contributed by atoms with Crippen molar-refractivity contribution in [1.29, 1.82) is 5.41 Å². The molecule has 0 aliphatic carbocycles. The van der Waals surface area contributed by atoms with Crippen LogP contribution in [0, 0.1) is 12.3 Å². The lowest BCUT2D eigenvalue weighted by molar-refractivity contribution is -0.117. The van der Waals surface area contributed by atoms with E-state index in [1.54, 1.807) is 13.0 Å². The van der Waals surface area contributed by atoms with E-state index >= 15 is 0 Å². The summed E-state index contributed by atoms with van der Waals surface area (Å²) in [7, 11) is 0. The number of carbonyl (C=O) groups excluding carboxylic acids is 1. The number of carbonyl (C=O) groups is 1. The van der Waals surface area contributed by atoms with Crippen LogP contribution in [0.25, 0.3) is 0 Å². The van der Waals surface area contributed by atoms with Gasteiger partial charge in [-0.2, -0.15) is 4.99 Å². The maximum absolute atomic E-state index is 12.8. The predicted octanol–water partition coefficient (Wildman–Crippen LogP) is 4.60. The van der Waals surface area contributed by atoms with Gasteiger partial charge in [-0.15, -0.1) is 11.3 Å². The minimum absolute atomic E-state index is 0.161. The Hall–Kier alpha value is -3.56. The Bertz CT molecular complexity index is 1220. The van der Waals surface area contributed by atoms with E-state index in [-0.39, 0.29) is 11.6 Å². The molecule has 170 valence electrons. The second-order valence-electron chi connectivity index (χ2n) is 6.51. The molecule has 4 N–H and O–H groups in total. The van der Waals surface area contributed by atoms with Crippen molar-refractivity contribution in [1.82, 2.24) is 4.98 Å². The Morgan fingerprint density at radius 2 is 1.85 bits per heavy atom. The fourth-order valence-corrected chi connectivity index (χ4v) is 4.10. The van der Waals surface area contributed by atoms with Crippen molar-refractivity contribution in [2.45, 2.75) is 26.9 Å². The first-order valence-corrected chi connectivity index (χ1v) is 11.4. The molecule has 1 unspecified atom stereocenters. The second kappa shape index (κ2) is 10.8. The van der Waals surface area contributed by atoms with Crippen LogP contribution in [0.4, 0.5) is 5.69 Å². The number of nitrogens with one attached hydrogen (secondary N) is 2. The number of fused-ring (bicyclic) bond motifs is 1. The standard InChI is InChI=1S/C21H17ClN6O2S.C2H6/c1-11-25-16(17(22)31-11)18(23)30-21(24)28-19-20(29)26-14-10-6-5-9-13(14)15(27-19)12-7-3-2-4-8-12;1-2/h2-10,19,23H,1H3,(H2,24,28)(H,26,29);1-2H3. The molecule has 1 aromatic heterocycles. The van der Waals surface area contributed by atoms with Crippen molar-refractivity contribution in [3.63, 3.8) is 0 Å². The fraction of sp³-hybridized carbons (Fsp3) is 0.174. The zero-order valence-electron chi connectivity index (χ0n) is 18.3. The fourth-order valence-electron chi connectivity index (χ4n) is 3.00. The van der Waals surface area contributed by atoms with E-state index < -0.39 is 18.1 Å². The first kappa shape index (κ1) is 24.1. The zero-order chi connectivity index (χ0) is 24.0. The first-order valence-electron chi connectivity index (χ1n) is 10.2. The van der Waals surface area contributed by atoms with Gasteiger partial charge in [-0.05, 0) is 13.0 Å². The van der Waals surface area contributed by atoms with Crippen molar-refractivity contribution >= 4 is 52.2 Å². The summed E-state index contributed by atoms with van der Waals surface area (Å²) in [5.74, 6) is -0.834. The third-order valence-electron chi connectivity index (χ3n) is 4.34. The monoisotopic (exact) mass is 482 g/mol. The molecule has 2 heterocycles. The number of anilines is 1. The first-order chi connectivity index (χ1) is 15.9. The topological polar surface area (TPSA) is 126 Å². The molecule has 0 bridgehead atoms. The number of para-hydroxylation sites is 1. The number of ether oxygens (including phenoxy) is 1. The minimum Gasteiger partial charge on any atom is -0.405 e. The largest absolute Gasteiger partial charge is 0.405 e. The number of thiazole rings is 1. The van der Waals surface area contributed by atoms with E-state index in [1.807, 2.05) is 62.4 Å². The van der Waals surface area contributed by atoms with Crippen LogP contribution in [0.15, 0.2) is 64.6 Å². The zero-order valence-corrected chi connectivity index (χ0v) is 19.9. The summed E-state index contributed by atoms with van der Waals surface area (Å²) in [6, 6.07) is 16.4. The molecular weight excluding hydrogens is 460 g/mol. The Kier molecular flexibility index (Phi) is 7.92. The van der Waals surface area contributed by atoms with Gasteiger partial charge in [0.05, 0.1) is 16.4 Å². The van der Waals surface area contributed by atoms with Crippen LogP contribution in [0.2, 0.25) is 4.34 Å². The number of aromatic nitrogens is 1. The lowest BCUT2D eigenvalue weighted by Gasteiger charge is -2.09. The molecule has 0 fully saturated rings. The number of amidine groups is 1. The molecule has 10 heteroatoms. The molecule has 3 aromatic rings. The molecule has 8 nitrogen and oxygen atoms in total. The molecule has 4 rings (SSSR count). The van der Waals surface area contributed by atoms with Gasteiger partial charge in [0.25, 0.3) is 11.9 Å². The molecule has 0 saturated carbocycles. The highest BCUT2D eigenvalue weighted by atomic mass is 35.5.